The zero-order valence-electron chi connectivity index (χ0n) is 14.4. The van der Waals surface area contributed by atoms with Crippen LogP contribution >= 0.6 is 34.9 Å². The Labute approximate surface area is 177 Å². The van der Waals surface area contributed by atoms with Gasteiger partial charge in [-0.05, 0) is 48.6 Å². The van der Waals surface area contributed by atoms with Crippen LogP contribution in [0.4, 0.5) is 15.8 Å². The Bertz CT molecular complexity index is 1350. The van der Waals surface area contributed by atoms with Gasteiger partial charge in [-0.25, -0.2) is 18.5 Å². The smallest absolute Gasteiger partial charge is 0.251 e. The van der Waals surface area contributed by atoms with Crippen molar-refractivity contribution in [3.8, 4) is 5.88 Å². The number of thiazole rings is 2. The molecule has 13 heteroatoms. The second-order valence-electron chi connectivity index (χ2n) is 5.67. The van der Waals surface area contributed by atoms with Gasteiger partial charge in [0.1, 0.15) is 0 Å². The molecular formula is C16H12N6O3S4. The molecule has 4 rings (SSSR count). The maximum absolute atomic E-state index is 11.3. The third-order valence-corrected chi connectivity index (χ3v) is 6.81. The van der Waals surface area contributed by atoms with Gasteiger partial charge in [-0.3, -0.25) is 5.43 Å². The number of anilines is 1. The molecule has 9 nitrogen and oxygen atoms in total. The fraction of sp³-hybridized carbons (Fsp3) is 0. The predicted octanol–water partition coefficient (Wildman–Crippen LogP) is 4.53. The van der Waals surface area contributed by atoms with Crippen molar-refractivity contribution in [1.82, 2.24) is 9.66 Å². The number of para-hydroxylation sites is 1. The van der Waals surface area contributed by atoms with Crippen LogP contribution in [-0.4, -0.2) is 23.2 Å². The molecule has 2 aromatic heterocycles. The van der Waals surface area contributed by atoms with Gasteiger partial charge in [0.25, 0.3) is 5.88 Å². The molecule has 0 aliphatic carbocycles. The third-order valence-electron chi connectivity index (χ3n) is 3.69. The first kappa shape index (κ1) is 19.6. The van der Waals surface area contributed by atoms with Gasteiger partial charge < -0.3 is 5.11 Å². The van der Waals surface area contributed by atoms with Crippen molar-refractivity contribution < 1.29 is 13.5 Å². The fourth-order valence-electron chi connectivity index (χ4n) is 2.34. The van der Waals surface area contributed by atoms with Crippen molar-refractivity contribution in [2.75, 3.05) is 5.43 Å². The van der Waals surface area contributed by atoms with Gasteiger partial charge in [0.15, 0.2) is 3.95 Å². The monoisotopic (exact) mass is 464 g/mol. The van der Waals surface area contributed by atoms with E-state index in [0.717, 1.165) is 21.6 Å². The first-order valence-electron chi connectivity index (χ1n) is 7.93. The molecule has 0 aliphatic heterocycles. The number of nitrogens with two attached hydrogens (primary N) is 1. The number of sulfonamides is 1. The number of benzene rings is 2. The lowest BCUT2D eigenvalue weighted by atomic mass is 10.3. The van der Waals surface area contributed by atoms with Crippen molar-refractivity contribution in [1.29, 1.82) is 0 Å². The highest BCUT2D eigenvalue weighted by Crippen LogP contribution is 2.36. The van der Waals surface area contributed by atoms with Gasteiger partial charge in [0.05, 0.1) is 20.8 Å². The van der Waals surface area contributed by atoms with E-state index in [4.69, 9.17) is 17.4 Å². The normalized spacial score (nSPS) is 12.0. The van der Waals surface area contributed by atoms with Crippen LogP contribution in [0, 0.1) is 3.95 Å². The number of nitrogens with zero attached hydrogens (tertiary/aromatic N) is 4. The number of primary sulfonamides is 1. The van der Waals surface area contributed by atoms with Crippen molar-refractivity contribution in [2.24, 2.45) is 15.4 Å². The number of rotatable bonds is 5. The molecule has 0 spiro atoms. The lowest BCUT2D eigenvalue weighted by Crippen LogP contribution is -2.11. The molecule has 29 heavy (non-hydrogen) atoms. The molecule has 0 atom stereocenters. The average molecular weight is 465 g/mol. The lowest BCUT2D eigenvalue weighted by molar-refractivity contribution is 0.436. The number of nitrogens with one attached hydrogen (secondary N) is 1. The number of fused-ring (bicyclic) bond motifs is 1. The first-order valence-corrected chi connectivity index (χ1v) is 11.5. The second-order valence-corrected chi connectivity index (χ2v) is 9.88. The minimum Gasteiger partial charge on any atom is -0.491 e. The van der Waals surface area contributed by atoms with Gasteiger partial charge in [-0.15, -0.1) is 10.2 Å². The third kappa shape index (κ3) is 4.18. The summed E-state index contributed by atoms with van der Waals surface area (Å²) in [6, 6.07) is 13.2. The van der Waals surface area contributed by atoms with Gasteiger partial charge >= 0.3 is 0 Å². The van der Waals surface area contributed by atoms with Crippen LogP contribution < -0.4 is 10.6 Å². The minimum absolute atomic E-state index is 0.0267. The highest BCUT2D eigenvalue weighted by atomic mass is 32.2. The first-order chi connectivity index (χ1) is 13.8. The van der Waals surface area contributed by atoms with E-state index in [0.29, 0.717) is 14.8 Å². The summed E-state index contributed by atoms with van der Waals surface area (Å²) in [6.45, 7) is 0. The van der Waals surface area contributed by atoms with Crippen LogP contribution in [0.5, 0.6) is 5.88 Å². The molecule has 0 saturated heterocycles. The Balaban J connectivity index is 1.58. The van der Waals surface area contributed by atoms with Crippen molar-refractivity contribution in [2.45, 2.75) is 4.90 Å². The van der Waals surface area contributed by atoms with E-state index < -0.39 is 10.0 Å². The maximum Gasteiger partial charge on any atom is 0.251 e. The van der Waals surface area contributed by atoms with Crippen LogP contribution in [0.1, 0.15) is 0 Å². The average Bonchev–Trinajstić information content (AvgIpc) is 3.21. The molecule has 0 fully saturated rings. The highest BCUT2D eigenvalue weighted by molar-refractivity contribution is 7.89. The SMILES string of the molecule is NS(=O)(=O)c1ccc(N=Nc2sc(=S)n(Nc3nc4ccccc4s3)c2O)cc1. The zero-order valence-corrected chi connectivity index (χ0v) is 17.6. The Morgan fingerprint density at radius 1 is 1.10 bits per heavy atom. The maximum atomic E-state index is 11.3. The van der Waals surface area contributed by atoms with Crippen molar-refractivity contribution in [3.63, 3.8) is 0 Å². The van der Waals surface area contributed by atoms with E-state index in [2.05, 4.69) is 20.6 Å². The number of aromatic hydroxyl groups is 1. The van der Waals surface area contributed by atoms with Crippen LogP contribution in [0.15, 0.2) is 63.7 Å². The molecule has 2 heterocycles. The quantitative estimate of drug-likeness (QED) is 0.293. The number of azo groups is 1. The van der Waals surface area contributed by atoms with Crippen LogP contribution in [0.25, 0.3) is 10.2 Å². The summed E-state index contributed by atoms with van der Waals surface area (Å²) >= 11 is 7.77. The molecule has 0 aliphatic rings. The van der Waals surface area contributed by atoms with E-state index in [1.54, 1.807) is 0 Å². The standard InChI is InChI=1S/C16H12N6O3S4/c17-29(24,25)10-7-5-9(6-8-10)19-20-13-14(23)22(16(26)28-13)21-15-18-11-3-1-2-4-12(11)27-15/h1-8,23H,(H,18,21)(H2,17,24,25). The van der Waals surface area contributed by atoms with E-state index in [9.17, 15) is 13.5 Å². The van der Waals surface area contributed by atoms with Crippen molar-refractivity contribution in [3.05, 3.63) is 52.5 Å². The topological polar surface area (TPSA) is 135 Å². The Morgan fingerprint density at radius 2 is 1.83 bits per heavy atom. The summed E-state index contributed by atoms with van der Waals surface area (Å²) in [5, 5.41) is 24.3. The second kappa shape index (κ2) is 7.61. The minimum atomic E-state index is -3.78. The summed E-state index contributed by atoms with van der Waals surface area (Å²) in [5.41, 5.74) is 4.20. The largest absolute Gasteiger partial charge is 0.491 e. The van der Waals surface area contributed by atoms with Crippen molar-refractivity contribution >= 4 is 71.0 Å². The molecule has 0 unspecified atom stereocenters. The summed E-state index contributed by atoms with van der Waals surface area (Å²) in [4.78, 5) is 4.41. The van der Waals surface area contributed by atoms with E-state index in [1.165, 1.54) is 40.3 Å². The molecule has 0 amide bonds. The molecule has 148 valence electrons. The Morgan fingerprint density at radius 3 is 2.52 bits per heavy atom. The van der Waals surface area contributed by atoms with Gasteiger partial charge in [0.2, 0.25) is 20.2 Å². The van der Waals surface area contributed by atoms with Gasteiger partial charge in [0, 0.05) is 0 Å². The molecular weight excluding hydrogens is 452 g/mol. The van der Waals surface area contributed by atoms with Crippen LogP contribution in [0.3, 0.4) is 0 Å². The van der Waals surface area contributed by atoms with E-state index >= 15 is 0 Å². The Hall–Kier alpha value is -2.71. The number of aromatic nitrogens is 2. The van der Waals surface area contributed by atoms with E-state index in [-0.39, 0.29) is 15.8 Å². The summed E-state index contributed by atoms with van der Waals surface area (Å²) in [5.74, 6) is -0.204. The highest BCUT2D eigenvalue weighted by Gasteiger charge is 2.14. The van der Waals surface area contributed by atoms with E-state index in [1.807, 2.05) is 24.3 Å². The lowest BCUT2D eigenvalue weighted by Gasteiger charge is -2.03. The van der Waals surface area contributed by atoms with Crippen LogP contribution in [0.2, 0.25) is 0 Å². The zero-order chi connectivity index (χ0) is 20.6. The molecule has 0 saturated carbocycles. The molecule has 2 aromatic carbocycles. The predicted molar refractivity (Wildman–Crippen MR) is 115 cm³/mol. The number of hydrogen-bond donors (Lipinski definition) is 3. The fourth-order valence-corrected chi connectivity index (χ4v) is 4.73. The Kier molecular flexibility index (Phi) is 5.14. The molecule has 4 aromatic rings. The molecule has 4 N–H and O–H groups in total. The summed E-state index contributed by atoms with van der Waals surface area (Å²) in [6.07, 6.45) is 0. The molecule has 0 radical (unpaired) electrons. The summed E-state index contributed by atoms with van der Waals surface area (Å²) in [7, 11) is -3.78. The summed E-state index contributed by atoms with van der Waals surface area (Å²) < 4.78 is 25.2. The number of hydrogen-bond acceptors (Lipinski definition) is 10. The molecule has 0 bridgehead atoms. The van der Waals surface area contributed by atoms with Crippen LogP contribution in [-0.2, 0) is 10.0 Å². The van der Waals surface area contributed by atoms with Gasteiger partial charge in [-0.1, -0.05) is 34.8 Å². The van der Waals surface area contributed by atoms with Gasteiger partial charge in [-0.2, -0.15) is 4.68 Å².